The van der Waals surface area contributed by atoms with Crippen LogP contribution >= 0.6 is 11.8 Å². The van der Waals surface area contributed by atoms with Crippen molar-refractivity contribution in [2.24, 2.45) is 5.92 Å². The van der Waals surface area contributed by atoms with E-state index in [9.17, 15) is 4.79 Å². The van der Waals surface area contributed by atoms with E-state index in [1.807, 2.05) is 37.3 Å². The van der Waals surface area contributed by atoms with Crippen LogP contribution in [0.25, 0.3) is 11.5 Å². The Morgan fingerprint density at radius 1 is 1.28 bits per heavy atom. The molecule has 1 heterocycles. The van der Waals surface area contributed by atoms with Crippen LogP contribution in [0.1, 0.15) is 44.1 Å². The number of hydrogen-bond acceptors (Lipinski definition) is 4. The number of benzene rings is 1. The van der Waals surface area contributed by atoms with Crippen molar-refractivity contribution < 1.29 is 9.21 Å². The number of aryl methyl sites for hydroxylation is 1. The van der Waals surface area contributed by atoms with E-state index in [1.165, 1.54) is 19.3 Å². The topological polar surface area (TPSA) is 55.1 Å². The number of thioether (sulfide) groups is 1. The van der Waals surface area contributed by atoms with Crippen molar-refractivity contribution in [1.82, 2.24) is 10.3 Å². The lowest BCUT2D eigenvalue weighted by Crippen LogP contribution is -2.41. The smallest absolute Gasteiger partial charge is 0.230 e. The third-order valence-corrected chi connectivity index (χ3v) is 5.79. The van der Waals surface area contributed by atoms with Gasteiger partial charge >= 0.3 is 0 Å². The van der Waals surface area contributed by atoms with Gasteiger partial charge in [0.15, 0.2) is 0 Å². The largest absolute Gasteiger partial charge is 0.441 e. The molecule has 0 radical (unpaired) electrons. The zero-order valence-electron chi connectivity index (χ0n) is 15.0. The van der Waals surface area contributed by atoms with Gasteiger partial charge in [0.05, 0.1) is 11.4 Å². The maximum absolute atomic E-state index is 12.2. The van der Waals surface area contributed by atoms with Crippen LogP contribution in [0.5, 0.6) is 0 Å². The van der Waals surface area contributed by atoms with Crippen molar-refractivity contribution >= 4 is 17.7 Å². The second-order valence-electron chi connectivity index (χ2n) is 6.82. The van der Waals surface area contributed by atoms with Gasteiger partial charge in [0, 0.05) is 17.4 Å². The number of nitrogens with one attached hydrogen (secondary N) is 1. The van der Waals surface area contributed by atoms with E-state index < -0.39 is 0 Å². The van der Waals surface area contributed by atoms with Gasteiger partial charge in [0.2, 0.25) is 11.8 Å². The number of aromatic nitrogens is 1. The van der Waals surface area contributed by atoms with Gasteiger partial charge in [-0.3, -0.25) is 4.79 Å². The molecular formula is C20H26N2O2S. The van der Waals surface area contributed by atoms with Gasteiger partial charge in [0.1, 0.15) is 5.76 Å². The maximum Gasteiger partial charge on any atom is 0.230 e. The molecule has 0 unspecified atom stereocenters. The van der Waals surface area contributed by atoms with Crippen molar-refractivity contribution in [3.05, 3.63) is 41.8 Å². The molecule has 3 rings (SSSR count). The van der Waals surface area contributed by atoms with E-state index in [0.717, 1.165) is 23.4 Å². The number of carbonyl (C=O) groups is 1. The molecule has 2 atom stereocenters. The molecule has 2 aromatic rings. The van der Waals surface area contributed by atoms with Crippen LogP contribution in [-0.4, -0.2) is 22.7 Å². The summed E-state index contributed by atoms with van der Waals surface area (Å²) in [6.45, 7) is 4.17. The van der Waals surface area contributed by atoms with Gasteiger partial charge in [-0.15, -0.1) is 11.8 Å². The lowest BCUT2D eigenvalue weighted by Gasteiger charge is -2.29. The van der Waals surface area contributed by atoms with E-state index in [0.29, 0.717) is 29.4 Å². The molecule has 1 aliphatic rings. The average molecular weight is 359 g/mol. The second kappa shape index (κ2) is 8.56. The summed E-state index contributed by atoms with van der Waals surface area (Å²) in [6, 6.07) is 10.2. The fourth-order valence-corrected chi connectivity index (χ4v) is 4.12. The second-order valence-corrected chi connectivity index (χ2v) is 7.80. The molecule has 1 aromatic carbocycles. The molecule has 0 saturated heterocycles. The minimum atomic E-state index is 0.133. The van der Waals surface area contributed by atoms with Gasteiger partial charge in [-0.1, -0.05) is 38.0 Å². The minimum Gasteiger partial charge on any atom is -0.441 e. The van der Waals surface area contributed by atoms with Gasteiger partial charge < -0.3 is 9.73 Å². The fourth-order valence-electron chi connectivity index (χ4n) is 3.29. The molecule has 0 bridgehead atoms. The molecule has 1 amide bonds. The van der Waals surface area contributed by atoms with Crippen molar-refractivity contribution in [2.45, 2.75) is 51.3 Å². The molecule has 1 aliphatic carbocycles. The first-order chi connectivity index (χ1) is 12.1. The quantitative estimate of drug-likeness (QED) is 0.821. The Labute approximate surface area is 153 Å². The number of rotatable bonds is 6. The first-order valence-corrected chi connectivity index (χ1v) is 10.2. The molecule has 0 spiro atoms. The van der Waals surface area contributed by atoms with E-state index in [2.05, 4.69) is 17.2 Å². The van der Waals surface area contributed by atoms with E-state index >= 15 is 0 Å². The van der Waals surface area contributed by atoms with Crippen molar-refractivity contribution in [3.63, 3.8) is 0 Å². The zero-order valence-corrected chi connectivity index (χ0v) is 15.8. The Morgan fingerprint density at radius 3 is 2.80 bits per heavy atom. The van der Waals surface area contributed by atoms with E-state index in [4.69, 9.17) is 4.42 Å². The number of amides is 1. The van der Waals surface area contributed by atoms with Gasteiger partial charge in [-0.25, -0.2) is 4.98 Å². The first-order valence-electron chi connectivity index (χ1n) is 9.02. The molecule has 134 valence electrons. The molecule has 25 heavy (non-hydrogen) atoms. The highest BCUT2D eigenvalue weighted by Crippen LogP contribution is 2.25. The summed E-state index contributed by atoms with van der Waals surface area (Å²) in [5.41, 5.74) is 1.90. The van der Waals surface area contributed by atoms with Crippen molar-refractivity contribution in [2.75, 3.05) is 5.75 Å². The van der Waals surface area contributed by atoms with Gasteiger partial charge in [0.25, 0.3) is 0 Å². The Kier molecular flexibility index (Phi) is 6.19. The molecule has 0 aliphatic heterocycles. The van der Waals surface area contributed by atoms with Crippen LogP contribution in [0.3, 0.4) is 0 Å². The molecule has 4 nitrogen and oxygen atoms in total. The van der Waals surface area contributed by atoms with Crippen LogP contribution in [0.4, 0.5) is 0 Å². The summed E-state index contributed by atoms with van der Waals surface area (Å²) in [4.78, 5) is 16.8. The van der Waals surface area contributed by atoms with Crippen LogP contribution < -0.4 is 5.32 Å². The van der Waals surface area contributed by atoms with Crippen LogP contribution in [0, 0.1) is 12.8 Å². The highest BCUT2D eigenvalue weighted by Gasteiger charge is 2.22. The third kappa shape index (κ3) is 4.88. The van der Waals surface area contributed by atoms with Crippen LogP contribution in [-0.2, 0) is 10.5 Å². The highest BCUT2D eigenvalue weighted by atomic mass is 32.2. The molecule has 1 fully saturated rings. The van der Waals surface area contributed by atoms with E-state index in [-0.39, 0.29) is 5.91 Å². The SMILES string of the molecule is Cc1oc(-c2ccccc2)nc1CSCC(=O)N[C@@H]1CCCC[C@@H]1C. The standard InChI is InChI=1S/C20H26N2O2S/c1-14-8-6-7-11-17(14)21-19(23)13-25-12-18-15(2)24-20(22-18)16-9-4-3-5-10-16/h3-5,9-10,14,17H,6-8,11-13H2,1-2H3,(H,21,23)/t14-,17+/m0/s1. The predicted octanol–water partition coefficient (Wildman–Crippen LogP) is 4.58. The number of nitrogens with zero attached hydrogens (tertiary/aromatic N) is 1. The monoisotopic (exact) mass is 358 g/mol. The summed E-state index contributed by atoms with van der Waals surface area (Å²) in [5.74, 6) is 3.36. The predicted molar refractivity (Wildman–Crippen MR) is 102 cm³/mol. The third-order valence-electron chi connectivity index (χ3n) is 4.84. The fraction of sp³-hybridized carbons (Fsp3) is 0.500. The molecular weight excluding hydrogens is 332 g/mol. The normalized spacial score (nSPS) is 20.4. The molecule has 5 heteroatoms. The Hall–Kier alpha value is -1.75. The number of hydrogen-bond donors (Lipinski definition) is 1. The van der Waals surface area contributed by atoms with Crippen molar-refractivity contribution in [1.29, 1.82) is 0 Å². The summed E-state index contributed by atoms with van der Waals surface area (Å²) >= 11 is 1.59. The Balaban J connectivity index is 1.49. The van der Waals surface area contributed by atoms with Crippen LogP contribution in [0.15, 0.2) is 34.7 Å². The van der Waals surface area contributed by atoms with Gasteiger partial charge in [-0.2, -0.15) is 0 Å². The first kappa shape index (κ1) is 18.1. The Morgan fingerprint density at radius 2 is 2.04 bits per heavy atom. The summed E-state index contributed by atoms with van der Waals surface area (Å²) in [5, 5.41) is 3.20. The number of oxazole rings is 1. The lowest BCUT2D eigenvalue weighted by molar-refractivity contribution is -0.119. The molecule has 1 saturated carbocycles. The molecule has 1 N–H and O–H groups in total. The number of carbonyl (C=O) groups excluding carboxylic acids is 1. The van der Waals surface area contributed by atoms with E-state index in [1.54, 1.807) is 11.8 Å². The highest BCUT2D eigenvalue weighted by molar-refractivity contribution is 7.99. The molecule has 1 aromatic heterocycles. The van der Waals surface area contributed by atoms with Crippen LogP contribution in [0.2, 0.25) is 0 Å². The van der Waals surface area contributed by atoms with Crippen molar-refractivity contribution in [3.8, 4) is 11.5 Å². The average Bonchev–Trinajstić information content (AvgIpc) is 2.99. The van der Waals surface area contributed by atoms with Gasteiger partial charge in [-0.05, 0) is 37.8 Å². The zero-order chi connectivity index (χ0) is 17.6. The summed E-state index contributed by atoms with van der Waals surface area (Å²) in [6.07, 6.45) is 4.85. The maximum atomic E-state index is 12.2. The lowest BCUT2D eigenvalue weighted by atomic mass is 9.86. The minimum absolute atomic E-state index is 0.133. The summed E-state index contributed by atoms with van der Waals surface area (Å²) < 4.78 is 5.77. The Bertz CT molecular complexity index is 699. The summed E-state index contributed by atoms with van der Waals surface area (Å²) in [7, 11) is 0.